The SMILES string of the molecule is CCC1(CC)CCN(c2ccc3scnc3c2N)CC1. The van der Waals surface area contributed by atoms with Crippen LogP contribution in [0.1, 0.15) is 39.5 Å². The molecule has 20 heavy (non-hydrogen) atoms. The van der Waals surface area contributed by atoms with E-state index < -0.39 is 0 Å². The van der Waals surface area contributed by atoms with Crippen LogP contribution in [0.4, 0.5) is 11.4 Å². The smallest absolute Gasteiger partial charge is 0.106 e. The number of thiazole rings is 1. The van der Waals surface area contributed by atoms with Crippen LogP contribution in [0.3, 0.4) is 0 Å². The third-order valence-electron chi connectivity index (χ3n) is 5.18. The highest BCUT2D eigenvalue weighted by Crippen LogP contribution is 2.41. The van der Waals surface area contributed by atoms with Crippen molar-refractivity contribution >= 4 is 32.9 Å². The van der Waals surface area contributed by atoms with Gasteiger partial charge in [-0.2, -0.15) is 0 Å². The van der Waals surface area contributed by atoms with Crippen LogP contribution in [0.25, 0.3) is 10.2 Å². The maximum absolute atomic E-state index is 6.33. The van der Waals surface area contributed by atoms with Crippen molar-refractivity contribution in [2.45, 2.75) is 39.5 Å². The highest BCUT2D eigenvalue weighted by atomic mass is 32.1. The first kappa shape index (κ1) is 13.7. The fourth-order valence-corrected chi connectivity index (χ4v) is 4.09. The average molecular weight is 289 g/mol. The summed E-state index contributed by atoms with van der Waals surface area (Å²) in [4.78, 5) is 6.84. The zero-order valence-corrected chi connectivity index (χ0v) is 13.2. The zero-order chi connectivity index (χ0) is 14.2. The Morgan fingerprint density at radius 1 is 1.25 bits per heavy atom. The minimum Gasteiger partial charge on any atom is -0.395 e. The predicted molar refractivity (Wildman–Crippen MR) is 88.5 cm³/mol. The van der Waals surface area contributed by atoms with Gasteiger partial charge in [-0.15, -0.1) is 11.3 Å². The number of benzene rings is 1. The minimum atomic E-state index is 0.552. The van der Waals surface area contributed by atoms with Gasteiger partial charge >= 0.3 is 0 Å². The molecule has 0 atom stereocenters. The third kappa shape index (κ3) is 2.16. The normalized spacial score (nSPS) is 18.6. The standard InChI is InChI=1S/C16H23N3S/c1-3-16(4-2)7-9-19(10-8-16)12-5-6-13-15(14(12)17)18-11-20-13/h5-6,11H,3-4,7-10,17H2,1-2H3. The van der Waals surface area contributed by atoms with Gasteiger partial charge in [0.15, 0.2) is 0 Å². The lowest BCUT2D eigenvalue weighted by atomic mass is 9.74. The van der Waals surface area contributed by atoms with Crippen LogP contribution in [-0.2, 0) is 0 Å². The van der Waals surface area contributed by atoms with Gasteiger partial charge in [0.05, 0.1) is 21.6 Å². The maximum atomic E-state index is 6.33. The molecule has 0 aliphatic carbocycles. The Morgan fingerprint density at radius 2 is 1.95 bits per heavy atom. The Labute approximate surface area is 124 Å². The molecule has 3 nitrogen and oxygen atoms in total. The lowest BCUT2D eigenvalue weighted by Gasteiger charge is -2.42. The Morgan fingerprint density at radius 3 is 2.60 bits per heavy atom. The van der Waals surface area contributed by atoms with Crippen molar-refractivity contribution in [3.8, 4) is 0 Å². The highest BCUT2D eigenvalue weighted by molar-refractivity contribution is 7.16. The molecule has 0 saturated carbocycles. The second kappa shape index (κ2) is 5.24. The monoisotopic (exact) mass is 289 g/mol. The topological polar surface area (TPSA) is 42.2 Å². The molecular weight excluding hydrogens is 266 g/mol. The van der Waals surface area contributed by atoms with Gasteiger partial charge in [0.25, 0.3) is 0 Å². The fraction of sp³-hybridized carbons (Fsp3) is 0.562. The summed E-state index contributed by atoms with van der Waals surface area (Å²) in [7, 11) is 0. The first-order chi connectivity index (χ1) is 9.69. The molecule has 1 aliphatic heterocycles. The number of fused-ring (bicyclic) bond motifs is 1. The Hall–Kier alpha value is -1.29. The van der Waals surface area contributed by atoms with Gasteiger partial charge in [-0.1, -0.05) is 26.7 Å². The van der Waals surface area contributed by atoms with E-state index in [4.69, 9.17) is 5.73 Å². The quantitative estimate of drug-likeness (QED) is 0.857. The van der Waals surface area contributed by atoms with Gasteiger partial charge in [0.1, 0.15) is 5.52 Å². The van der Waals surface area contributed by atoms with Crippen LogP contribution in [0.5, 0.6) is 0 Å². The number of hydrogen-bond acceptors (Lipinski definition) is 4. The Bertz CT molecular complexity index is 591. The molecule has 3 rings (SSSR count). The van der Waals surface area contributed by atoms with Gasteiger partial charge in [-0.25, -0.2) is 4.98 Å². The molecule has 0 bridgehead atoms. The van der Waals surface area contributed by atoms with E-state index in [9.17, 15) is 0 Å². The van der Waals surface area contributed by atoms with E-state index in [1.54, 1.807) is 11.3 Å². The maximum Gasteiger partial charge on any atom is 0.106 e. The van der Waals surface area contributed by atoms with Crippen LogP contribution in [0.15, 0.2) is 17.6 Å². The number of piperidine rings is 1. The van der Waals surface area contributed by atoms with Crippen molar-refractivity contribution in [2.75, 3.05) is 23.7 Å². The van der Waals surface area contributed by atoms with Crippen molar-refractivity contribution in [3.05, 3.63) is 17.6 Å². The molecule has 1 aromatic carbocycles. The molecule has 2 heterocycles. The molecule has 1 saturated heterocycles. The number of aromatic nitrogens is 1. The number of hydrogen-bond donors (Lipinski definition) is 1. The summed E-state index contributed by atoms with van der Waals surface area (Å²) in [5.74, 6) is 0. The molecule has 0 amide bonds. The minimum absolute atomic E-state index is 0.552. The number of nitrogens with zero attached hydrogens (tertiary/aromatic N) is 2. The summed E-state index contributed by atoms with van der Waals surface area (Å²) in [5, 5.41) is 0. The van der Waals surface area contributed by atoms with Crippen molar-refractivity contribution < 1.29 is 0 Å². The van der Waals surface area contributed by atoms with Crippen molar-refractivity contribution in [1.82, 2.24) is 4.98 Å². The molecule has 1 fully saturated rings. The summed E-state index contributed by atoms with van der Waals surface area (Å²) in [6, 6.07) is 4.32. The summed E-state index contributed by atoms with van der Waals surface area (Å²) in [6.45, 7) is 6.88. The number of anilines is 2. The van der Waals surface area contributed by atoms with Gasteiger partial charge in [-0.3, -0.25) is 0 Å². The number of nitrogen functional groups attached to an aromatic ring is 1. The second-order valence-corrected chi connectivity index (χ2v) is 6.78. The summed E-state index contributed by atoms with van der Waals surface area (Å²) >= 11 is 1.65. The Balaban J connectivity index is 1.85. The van der Waals surface area contributed by atoms with Crippen molar-refractivity contribution in [3.63, 3.8) is 0 Å². The molecule has 0 unspecified atom stereocenters. The molecule has 1 aromatic heterocycles. The van der Waals surface area contributed by atoms with E-state index >= 15 is 0 Å². The van der Waals surface area contributed by atoms with Gasteiger partial charge < -0.3 is 10.6 Å². The van der Waals surface area contributed by atoms with Crippen LogP contribution >= 0.6 is 11.3 Å². The van der Waals surface area contributed by atoms with E-state index in [0.29, 0.717) is 5.41 Å². The van der Waals surface area contributed by atoms with Crippen LogP contribution in [0.2, 0.25) is 0 Å². The van der Waals surface area contributed by atoms with Crippen molar-refractivity contribution in [2.24, 2.45) is 5.41 Å². The van der Waals surface area contributed by atoms with Crippen molar-refractivity contribution in [1.29, 1.82) is 0 Å². The lowest BCUT2D eigenvalue weighted by molar-refractivity contribution is 0.199. The summed E-state index contributed by atoms with van der Waals surface area (Å²) in [5.41, 5.74) is 11.7. The van der Waals surface area contributed by atoms with E-state index in [-0.39, 0.29) is 0 Å². The molecule has 2 N–H and O–H groups in total. The first-order valence-corrected chi connectivity index (χ1v) is 8.44. The zero-order valence-electron chi connectivity index (χ0n) is 12.4. The largest absolute Gasteiger partial charge is 0.395 e. The molecule has 0 radical (unpaired) electrons. The highest BCUT2D eigenvalue weighted by Gasteiger charge is 2.31. The van der Waals surface area contributed by atoms with Crippen LogP contribution < -0.4 is 10.6 Å². The van der Waals surface area contributed by atoms with E-state index in [1.807, 2.05) is 5.51 Å². The number of rotatable bonds is 3. The van der Waals surface area contributed by atoms with E-state index in [1.165, 1.54) is 36.1 Å². The third-order valence-corrected chi connectivity index (χ3v) is 5.98. The average Bonchev–Trinajstić information content (AvgIpc) is 2.97. The molecule has 2 aromatic rings. The van der Waals surface area contributed by atoms with E-state index in [2.05, 4.69) is 35.9 Å². The predicted octanol–water partition coefficient (Wildman–Crippen LogP) is 4.29. The molecule has 1 aliphatic rings. The number of nitrogens with two attached hydrogens (primary N) is 1. The summed E-state index contributed by atoms with van der Waals surface area (Å²) in [6.07, 6.45) is 5.12. The summed E-state index contributed by atoms with van der Waals surface area (Å²) < 4.78 is 1.18. The fourth-order valence-electron chi connectivity index (χ4n) is 3.40. The second-order valence-electron chi connectivity index (χ2n) is 5.89. The molecule has 4 heteroatoms. The van der Waals surface area contributed by atoms with Gasteiger partial charge in [0, 0.05) is 13.1 Å². The molecule has 108 valence electrons. The van der Waals surface area contributed by atoms with Crippen LogP contribution in [0, 0.1) is 5.41 Å². The van der Waals surface area contributed by atoms with Crippen LogP contribution in [-0.4, -0.2) is 18.1 Å². The Kier molecular flexibility index (Phi) is 3.59. The first-order valence-electron chi connectivity index (χ1n) is 7.56. The van der Waals surface area contributed by atoms with E-state index in [0.717, 1.165) is 24.3 Å². The molecule has 0 spiro atoms. The molecular formula is C16H23N3S. The van der Waals surface area contributed by atoms with Gasteiger partial charge in [-0.05, 0) is 30.4 Å². The van der Waals surface area contributed by atoms with Gasteiger partial charge in [0.2, 0.25) is 0 Å². The lowest BCUT2D eigenvalue weighted by Crippen LogP contribution is -2.39.